The third-order valence-corrected chi connectivity index (χ3v) is 3.78. The van der Waals surface area contributed by atoms with E-state index < -0.39 is 0 Å². The lowest BCUT2D eigenvalue weighted by atomic mass is 10.0. The molecular formula is C13H27NO2. The molecule has 0 radical (unpaired) electrons. The van der Waals surface area contributed by atoms with Gasteiger partial charge in [0.2, 0.25) is 0 Å². The van der Waals surface area contributed by atoms with Gasteiger partial charge < -0.3 is 9.84 Å². The van der Waals surface area contributed by atoms with Gasteiger partial charge in [0.1, 0.15) is 0 Å². The summed E-state index contributed by atoms with van der Waals surface area (Å²) < 4.78 is 5.44. The van der Waals surface area contributed by atoms with E-state index in [4.69, 9.17) is 9.84 Å². The van der Waals surface area contributed by atoms with Gasteiger partial charge in [-0.2, -0.15) is 0 Å². The lowest BCUT2D eigenvalue weighted by Crippen LogP contribution is -2.39. The second kappa shape index (κ2) is 6.58. The first-order valence-corrected chi connectivity index (χ1v) is 6.49. The van der Waals surface area contributed by atoms with Crippen molar-refractivity contribution in [3.63, 3.8) is 0 Å². The predicted octanol–water partition coefficient (Wildman–Crippen LogP) is 2.04. The van der Waals surface area contributed by atoms with Crippen LogP contribution in [0.3, 0.4) is 0 Å². The first kappa shape index (κ1) is 13.9. The minimum Gasteiger partial charge on any atom is -0.395 e. The summed E-state index contributed by atoms with van der Waals surface area (Å²) in [5.74, 6) is 0. The predicted molar refractivity (Wildman–Crippen MR) is 66.6 cm³/mol. The van der Waals surface area contributed by atoms with Gasteiger partial charge in [-0.15, -0.1) is 0 Å². The quantitative estimate of drug-likeness (QED) is 0.725. The minimum absolute atomic E-state index is 0.0493. The SMILES string of the molecule is COC(C)(C)CCN(CCO)C1CCCC1. The smallest absolute Gasteiger partial charge is 0.0634 e. The maximum absolute atomic E-state index is 9.11. The number of nitrogens with zero attached hydrogens (tertiary/aromatic N) is 1. The Kier molecular flexibility index (Phi) is 5.73. The fourth-order valence-electron chi connectivity index (χ4n) is 2.39. The first-order chi connectivity index (χ1) is 7.59. The average molecular weight is 229 g/mol. The zero-order valence-corrected chi connectivity index (χ0v) is 11.0. The van der Waals surface area contributed by atoms with Crippen molar-refractivity contribution in [3.8, 4) is 0 Å². The largest absolute Gasteiger partial charge is 0.395 e. The molecule has 1 rings (SSSR count). The first-order valence-electron chi connectivity index (χ1n) is 6.49. The monoisotopic (exact) mass is 229 g/mol. The number of rotatable bonds is 7. The fourth-order valence-corrected chi connectivity index (χ4v) is 2.39. The summed E-state index contributed by atoms with van der Waals surface area (Å²) in [7, 11) is 1.77. The summed E-state index contributed by atoms with van der Waals surface area (Å²) in [6.45, 7) is 6.36. The average Bonchev–Trinajstić information content (AvgIpc) is 2.77. The molecule has 0 saturated heterocycles. The third-order valence-electron chi connectivity index (χ3n) is 3.78. The Hall–Kier alpha value is -0.120. The topological polar surface area (TPSA) is 32.7 Å². The molecule has 0 amide bonds. The summed E-state index contributed by atoms with van der Waals surface area (Å²) in [4.78, 5) is 2.44. The Bertz CT molecular complexity index is 188. The summed E-state index contributed by atoms with van der Waals surface area (Å²) in [5.41, 5.74) is -0.0493. The Balaban J connectivity index is 2.38. The Morgan fingerprint density at radius 1 is 1.25 bits per heavy atom. The van der Waals surface area contributed by atoms with E-state index >= 15 is 0 Å². The number of ether oxygens (including phenoxy) is 1. The van der Waals surface area contributed by atoms with Crippen LogP contribution in [0.2, 0.25) is 0 Å². The van der Waals surface area contributed by atoms with Gasteiger partial charge in [-0.05, 0) is 33.1 Å². The standard InChI is InChI=1S/C13H27NO2/c1-13(2,16-3)8-9-14(10-11-15)12-6-4-5-7-12/h12,15H,4-11H2,1-3H3. The summed E-state index contributed by atoms with van der Waals surface area (Å²) in [5, 5.41) is 9.11. The Morgan fingerprint density at radius 3 is 2.38 bits per heavy atom. The van der Waals surface area contributed by atoms with Gasteiger partial charge in [-0.25, -0.2) is 0 Å². The van der Waals surface area contributed by atoms with Crippen molar-refractivity contribution in [2.24, 2.45) is 0 Å². The molecule has 1 aliphatic rings. The maximum Gasteiger partial charge on any atom is 0.0634 e. The van der Waals surface area contributed by atoms with E-state index in [0.717, 1.165) is 19.5 Å². The number of methoxy groups -OCH3 is 1. The van der Waals surface area contributed by atoms with Crippen molar-refractivity contribution in [1.82, 2.24) is 4.90 Å². The van der Waals surface area contributed by atoms with Crippen molar-refractivity contribution in [2.45, 2.75) is 57.6 Å². The molecular weight excluding hydrogens is 202 g/mol. The highest BCUT2D eigenvalue weighted by molar-refractivity contribution is 4.79. The molecule has 0 aromatic rings. The molecule has 0 aliphatic heterocycles. The zero-order valence-electron chi connectivity index (χ0n) is 11.0. The van der Waals surface area contributed by atoms with Crippen LogP contribution >= 0.6 is 0 Å². The van der Waals surface area contributed by atoms with Crippen molar-refractivity contribution in [3.05, 3.63) is 0 Å². The maximum atomic E-state index is 9.11. The highest BCUT2D eigenvalue weighted by atomic mass is 16.5. The van der Waals surface area contributed by atoms with Crippen LogP contribution in [0.15, 0.2) is 0 Å². The number of aliphatic hydroxyl groups is 1. The van der Waals surface area contributed by atoms with E-state index in [1.165, 1.54) is 25.7 Å². The molecule has 16 heavy (non-hydrogen) atoms. The molecule has 0 aromatic carbocycles. The summed E-state index contributed by atoms with van der Waals surface area (Å²) >= 11 is 0. The normalized spacial score (nSPS) is 18.6. The lowest BCUT2D eigenvalue weighted by molar-refractivity contribution is 0.00244. The van der Waals surface area contributed by atoms with Gasteiger partial charge in [-0.3, -0.25) is 4.90 Å². The van der Waals surface area contributed by atoms with E-state index in [0.29, 0.717) is 6.04 Å². The second-order valence-electron chi connectivity index (χ2n) is 5.41. The molecule has 1 saturated carbocycles. The summed E-state index contributed by atoms with van der Waals surface area (Å²) in [6.07, 6.45) is 6.32. The van der Waals surface area contributed by atoms with Crippen molar-refractivity contribution in [1.29, 1.82) is 0 Å². The van der Waals surface area contributed by atoms with Gasteiger partial charge in [0.05, 0.1) is 12.2 Å². The Morgan fingerprint density at radius 2 is 1.88 bits per heavy atom. The van der Waals surface area contributed by atoms with E-state index in [1.807, 2.05) is 0 Å². The van der Waals surface area contributed by atoms with Crippen LogP contribution < -0.4 is 0 Å². The van der Waals surface area contributed by atoms with Gasteiger partial charge >= 0.3 is 0 Å². The van der Waals surface area contributed by atoms with Crippen molar-refractivity contribution in [2.75, 3.05) is 26.8 Å². The lowest BCUT2D eigenvalue weighted by Gasteiger charge is -2.32. The summed E-state index contributed by atoms with van der Waals surface area (Å²) in [6, 6.07) is 0.694. The van der Waals surface area contributed by atoms with Crippen molar-refractivity contribution >= 4 is 0 Å². The number of hydrogen-bond acceptors (Lipinski definition) is 3. The second-order valence-corrected chi connectivity index (χ2v) is 5.41. The zero-order chi connectivity index (χ0) is 12.0. The number of aliphatic hydroxyl groups excluding tert-OH is 1. The molecule has 1 N–H and O–H groups in total. The molecule has 96 valence electrons. The molecule has 0 bridgehead atoms. The minimum atomic E-state index is -0.0493. The molecule has 1 fully saturated rings. The fraction of sp³-hybridized carbons (Fsp3) is 1.00. The molecule has 3 heteroatoms. The molecule has 1 aliphatic carbocycles. The number of hydrogen-bond donors (Lipinski definition) is 1. The molecule has 3 nitrogen and oxygen atoms in total. The highest BCUT2D eigenvalue weighted by Gasteiger charge is 2.24. The molecule has 0 spiro atoms. The van der Waals surface area contributed by atoms with Gasteiger partial charge in [-0.1, -0.05) is 12.8 Å². The van der Waals surface area contributed by atoms with E-state index in [-0.39, 0.29) is 12.2 Å². The van der Waals surface area contributed by atoms with Crippen LogP contribution in [0.5, 0.6) is 0 Å². The molecule has 0 atom stereocenters. The Labute approximate surface area is 99.8 Å². The van der Waals surface area contributed by atoms with Gasteiger partial charge in [0, 0.05) is 26.2 Å². The van der Waals surface area contributed by atoms with Crippen LogP contribution in [0.25, 0.3) is 0 Å². The van der Waals surface area contributed by atoms with Crippen molar-refractivity contribution < 1.29 is 9.84 Å². The van der Waals surface area contributed by atoms with E-state index in [9.17, 15) is 0 Å². The highest BCUT2D eigenvalue weighted by Crippen LogP contribution is 2.24. The van der Waals surface area contributed by atoms with Crippen LogP contribution in [0, 0.1) is 0 Å². The molecule has 0 heterocycles. The van der Waals surface area contributed by atoms with E-state index in [2.05, 4.69) is 18.7 Å². The van der Waals surface area contributed by atoms with E-state index in [1.54, 1.807) is 7.11 Å². The van der Waals surface area contributed by atoms with Gasteiger partial charge in [0.15, 0.2) is 0 Å². The van der Waals surface area contributed by atoms with Crippen LogP contribution in [-0.4, -0.2) is 48.5 Å². The van der Waals surface area contributed by atoms with Crippen LogP contribution in [-0.2, 0) is 4.74 Å². The van der Waals surface area contributed by atoms with Crippen LogP contribution in [0.1, 0.15) is 46.0 Å². The molecule has 0 unspecified atom stereocenters. The van der Waals surface area contributed by atoms with Crippen LogP contribution in [0.4, 0.5) is 0 Å². The molecule has 0 aromatic heterocycles. The van der Waals surface area contributed by atoms with Gasteiger partial charge in [0.25, 0.3) is 0 Å². The third kappa shape index (κ3) is 4.40.